The molecule has 10 heteroatoms. The number of esters is 1. The molecule has 1 aliphatic heterocycles. The SMILES string of the molecule is CCOC(=O)C1=C(C)NC(=S)N(NC(=O)c2ccc3ocnc3c2)C1c1ccc(N(C)C)cc1. The second-order valence-corrected chi connectivity index (χ2v) is 8.31. The van der Waals surface area contributed by atoms with Gasteiger partial charge in [0.1, 0.15) is 11.6 Å². The first-order valence-corrected chi connectivity index (χ1v) is 11.1. The topological polar surface area (TPSA) is 99.9 Å². The lowest BCUT2D eigenvalue weighted by atomic mass is 9.94. The highest BCUT2D eigenvalue weighted by Crippen LogP contribution is 2.34. The zero-order chi connectivity index (χ0) is 24.4. The molecule has 0 radical (unpaired) electrons. The lowest BCUT2D eigenvalue weighted by Gasteiger charge is -2.39. The first-order valence-electron chi connectivity index (χ1n) is 10.7. The van der Waals surface area contributed by atoms with Gasteiger partial charge < -0.3 is 19.4 Å². The minimum Gasteiger partial charge on any atom is -0.463 e. The highest BCUT2D eigenvalue weighted by molar-refractivity contribution is 7.80. The van der Waals surface area contributed by atoms with Gasteiger partial charge in [-0.2, -0.15) is 0 Å². The molecule has 0 aliphatic carbocycles. The van der Waals surface area contributed by atoms with Crippen LogP contribution in [0.25, 0.3) is 11.1 Å². The number of rotatable bonds is 6. The number of anilines is 1. The molecule has 0 bridgehead atoms. The maximum atomic E-state index is 13.2. The van der Waals surface area contributed by atoms with E-state index in [2.05, 4.69) is 15.7 Å². The number of amides is 1. The predicted octanol–water partition coefficient (Wildman–Crippen LogP) is 3.31. The van der Waals surface area contributed by atoms with Crippen molar-refractivity contribution in [1.29, 1.82) is 0 Å². The van der Waals surface area contributed by atoms with E-state index in [0.29, 0.717) is 27.9 Å². The Morgan fingerprint density at radius 3 is 2.65 bits per heavy atom. The summed E-state index contributed by atoms with van der Waals surface area (Å²) in [6.45, 7) is 3.73. The lowest BCUT2D eigenvalue weighted by molar-refractivity contribution is -0.139. The van der Waals surface area contributed by atoms with E-state index in [1.165, 1.54) is 11.4 Å². The fourth-order valence-corrected chi connectivity index (χ4v) is 4.08. The van der Waals surface area contributed by atoms with Gasteiger partial charge in [0.2, 0.25) is 0 Å². The Labute approximate surface area is 202 Å². The van der Waals surface area contributed by atoms with E-state index < -0.39 is 17.9 Å². The van der Waals surface area contributed by atoms with Crippen LogP contribution in [0.15, 0.2) is 64.5 Å². The third-order valence-electron chi connectivity index (χ3n) is 5.48. The monoisotopic (exact) mass is 479 g/mol. The molecule has 2 heterocycles. The van der Waals surface area contributed by atoms with Gasteiger partial charge in [-0.15, -0.1) is 0 Å². The highest BCUT2D eigenvalue weighted by atomic mass is 32.1. The molecule has 1 atom stereocenters. The highest BCUT2D eigenvalue weighted by Gasteiger charge is 2.38. The van der Waals surface area contributed by atoms with Gasteiger partial charge in [-0.3, -0.25) is 10.2 Å². The number of oxazole rings is 1. The molecule has 1 amide bonds. The summed E-state index contributed by atoms with van der Waals surface area (Å²) in [5, 5.41) is 4.75. The summed E-state index contributed by atoms with van der Waals surface area (Å²) < 4.78 is 10.6. The Balaban J connectivity index is 1.73. The molecule has 0 fully saturated rings. The standard InChI is InChI=1S/C24H25N5O4S/c1-5-32-23(31)20-14(2)26-24(34)29(21(20)15-6-9-17(10-7-15)28(3)4)27-22(30)16-8-11-19-18(12-16)25-13-33-19/h6-13,21H,5H2,1-4H3,(H,26,34)(H,27,30). The lowest BCUT2D eigenvalue weighted by Crippen LogP contribution is -2.56. The Hall–Kier alpha value is -3.92. The molecular formula is C24H25N5O4S. The predicted molar refractivity (Wildman–Crippen MR) is 132 cm³/mol. The van der Waals surface area contributed by atoms with Crippen molar-refractivity contribution in [2.75, 3.05) is 25.6 Å². The van der Waals surface area contributed by atoms with Crippen molar-refractivity contribution in [1.82, 2.24) is 20.7 Å². The summed E-state index contributed by atoms with van der Waals surface area (Å²) in [5.41, 5.74) is 7.06. The third-order valence-corrected chi connectivity index (χ3v) is 5.78. The van der Waals surface area contributed by atoms with Crippen LogP contribution in [0, 0.1) is 0 Å². The van der Waals surface area contributed by atoms with Crippen LogP contribution in [0.2, 0.25) is 0 Å². The molecular weight excluding hydrogens is 454 g/mol. The van der Waals surface area contributed by atoms with Crippen LogP contribution in [0.5, 0.6) is 0 Å². The number of hydrogen-bond acceptors (Lipinski definition) is 7. The number of hydrazine groups is 1. The van der Waals surface area contributed by atoms with Gasteiger partial charge in [0.15, 0.2) is 17.1 Å². The number of hydrogen-bond donors (Lipinski definition) is 2. The number of fused-ring (bicyclic) bond motifs is 1. The summed E-state index contributed by atoms with van der Waals surface area (Å²) in [6.07, 6.45) is 1.32. The quantitative estimate of drug-likeness (QED) is 0.407. The minimum absolute atomic E-state index is 0.219. The summed E-state index contributed by atoms with van der Waals surface area (Å²) in [6, 6.07) is 11.9. The van der Waals surface area contributed by atoms with Gasteiger partial charge in [0.25, 0.3) is 5.91 Å². The van der Waals surface area contributed by atoms with Gasteiger partial charge >= 0.3 is 5.97 Å². The number of nitrogens with zero attached hydrogens (tertiary/aromatic N) is 3. The van der Waals surface area contributed by atoms with Crippen LogP contribution >= 0.6 is 12.2 Å². The molecule has 1 aliphatic rings. The van der Waals surface area contributed by atoms with E-state index in [9.17, 15) is 9.59 Å². The van der Waals surface area contributed by atoms with Crippen molar-refractivity contribution in [3.05, 3.63) is 71.3 Å². The number of ether oxygens (including phenoxy) is 1. The van der Waals surface area contributed by atoms with Crippen LogP contribution < -0.4 is 15.6 Å². The average molecular weight is 480 g/mol. The maximum absolute atomic E-state index is 13.2. The molecule has 1 unspecified atom stereocenters. The number of allylic oxidation sites excluding steroid dienone is 1. The zero-order valence-corrected chi connectivity index (χ0v) is 20.1. The second-order valence-electron chi connectivity index (χ2n) is 7.92. The molecule has 176 valence electrons. The van der Waals surface area contributed by atoms with Crippen LogP contribution in [-0.2, 0) is 9.53 Å². The molecule has 2 aromatic carbocycles. The molecule has 0 spiro atoms. The van der Waals surface area contributed by atoms with Crippen LogP contribution in [0.1, 0.15) is 35.8 Å². The van der Waals surface area contributed by atoms with Crippen molar-refractivity contribution in [3.8, 4) is 0 Å². The first-order chi connectivity index (χ1) is 16.3. The van der Waals surface area contributed by atoms with Crippen LogP contribution in [0.4, 0.5) is 5.69 Å². The van der Waals surface area contributed by atoms with Crippen molar-refractivity contribution >= 4 is 46.0 Å². The summed E-state index contributed by atoms with van der Waals surface area (Å²) in [4.78, 5) is 32.2. The van der Waals surface area contributed by atoms with Crippen molar-refractivity contribution in [2.24, 2.45) is 0 Å². The fraction of sp³-hybridized carbons (Fsp3) is 0.250. The normalized spacial score (nSPS) is 15.8. The molecule has 0 saturated carbocycles. The van der Waals surface area contributed by atoms with E-state index in [4.69, 9.17) is 21.4 Å². The van der Waals surface area contributed by atoms with Gasteiger partial charge in [-0.25, -0.2) is 14.8 Å². The number of aromatic nitrogens is 1. The Kier molecular flexibility index (Phi) is 6.51. The Morgan fingerprint density at radius 2 is 1.97 bits per heavy atom. The molecule has 9 nitrogen and oxygen atoms in total. The second kappa shape index (κ2) is 9.52. The van der Waals surface area contributed by atoms with E-state index in [1.807, 2.05) is 43.3 Å². The summed E-state index contributed by atoms with van der Waals surface area (Å²) in [7, 11) is 3.89. The van der Waals surface area contributed by atoms with Crippen LogP contribution in [-0.4, -0.2) is 47.7 Å². The average Bonchev–Trinajstić information content (AvgIpc) is 3.28. The molecule has 0 saturated heterocycles. The van der Waals surface area contributed by atoms with E-state index >= 15 is 0 Å². The van der Waals surface area contributed by atoms with E-state index in [1.54, 1.807) is 32.0 Å². The number of carbonyl (C=O) groups is 2. The molecule has 2 N–H and O–H groups in total. The van der Waals surface area contributed by atoms with E-state index in [-0.39, 0.29) is 11.7 Å². The third kappa shape index (κ3) is 4.44. The summed E-state index contributed by atoms with van der Waals surface area (Å²) in [5.74, 6) is -0.897. The number of benzene rings is 2. The van der Waals surface area contributed by atoms with Gasteiger partial charge in [0, 0.05) is 31.0 Å². The molecule has 1 aromatic heterocycles. The largest absolute Gasteiger partial charge is 0.463 e. The smallest absolute Gasteiger partial charge is 0.338 e. The minimum atomic E-state index is -0.691. The molecule has 34 heavy (non-hydrogen) atoms. The van der Waals surface area contributed by atoms with Gasteiger partial charge in [-0.1, -0.05) is 12.1 Å². The first kappa shape index (κ1) is 23.2. The fourth-order valence-electron chi connectivity index (χ4n) is 3.77. The summed E-state index contributed by atoms with van der Waals surface area (Å²) >= 11 is 5.56. The zero-order valence-electron chi connectivity index (χ0n) is 19.3. The Morgan fingerprint density at radius 1 is 1.24 bits per heavy atom. The van der Waals surface area contributed by atoms with Crippen molar-refractivity contribution in [2.45, 2.75) is 19.9 Å². The molecule has 4 rings (SSSR count). The maximum Gasteiger partial charge on any atom is 0.338 e. The van der Waals surface area contributed by atoms with Gasteiger partial charge in [0.05, 0.1) is 12.2 Å². The number of thiocarbonyl (C=S) groups is 1. The Bertz CT molecular complexity index is 1280. The van der Waals surface area contributed by atoms with E-state index in [0.717, 1.165) is 11.3 Å². The van der Waals surface area contributed by atoms with Crippen molar-refractivity contribution in [3.63, 3.8) is 0 Å². The van der Waals surface area contributed by atoms with Crippen LogP contribution in [0.3, 0.4) is 0 Å². The van der Waals surface area contributed by atoms with Gasteiger partial charge in [-0.05, 0) is 62.0 Å². The van der Waals surface area contributed by atoms with Crippen molar-refractivity contribution < 1.29 is 18.7 Å². The molecule has 3 aromatic rings. The number of carbonyl (C=O) groups excluding carboxylic acids is 2. The number of nitrogens with one attached hydrogen (secondary N) is 2.